The second-order valence-corrected chi connectivity index (χ2v) is 3.98. The summed E-state index contributed by atoms with van der Waals surface area (Å²) in [5.74, 6) is 0.928. The van der Waals surface area contributed by atoms with Gasteiger partial charge in [-0.15, -0.1) is 12.6 Å². The summed E-state index contributed by atoms with van der Waals surface area (Å²) >= 11 is 6.53. The summed E-state index contributed by atoms with van der Waals surface area (Å²) in [4.78, 5) is 0.969. The Balaban J connectivity index is 2.37. The highest BCUT2D eigenvalue weighted by atomic mass is 127. The Bertz CT molecular complexity index is 222. The molecule has 0 amide bonds. The largest absolute Gasteiger partial charge is 0.494 e. The van der Waals surface area contributed by atoms with E-state index in [4.69, 9.17) is 4.74 Å². The lowest BCUT2D eigenvalue weighted by molar-refractivity contribution is 0.319. The number of benzene rings is 1. The van der Waals surface area contributed by atoms with Gasteiger partial charge in [0.2, 0.25) is 0 Å². The number of ether oxygens (including phenoxy) is 1. The number of hydrogen-bond acceptors (Lipinski definition) is 2. The molecule has 1 aromatic rings. The average Bonchev–Trinajstić information content (AvgIpc) is 2.09. The molecule has 0 saturated heterocycles. The first-order valence-corrected chi connectivity index (χ1v) is 5.78. The molecule has 1 aromatic carbocycles. The maximum Gasteiger partial charge on any atom is 0.119 e. The first-order chi connectivity index (χ1) is 5.83. The minimum atomic E-state index is 0.800. The highest BCUT2D eigenvalue weighted by Gasteiger charge is 1.91. The molecule has 0 bridgehead atoms. The molecule has 1 nitrogen and oxygen atoms in total. The molecule has 0 unspecified atom stereocenters. The van der Waals surface area contributed by atoms with E-state index in [1.807, 2.05) is 24.3 Å². The van der Waals surface area contributed by atoms with E-state index in [2.05, 4.69) is 35.2 Å². The molecule has 1 rings (SSSR count). The summed E-state index contributed by atoms with van der Waals surface area (Å²) in [7, 11) is 0. The third-order valence-corrected chi connectivity index (χ3v) is 2.44. The molecule has 0 aliphatic heterocycles. The van der Waals surface area contributed by atoms with E-state index in [9.17, 15) is 0 Å². The van der Waals surface area contributed by atoms with Gasteiger partial charge in [0.05, 0.1) is 6.61 Å². The quantitative estimate of drug-likeness (QED) is 0.388. The first-order valence-electron chi connectivity index (χ1n) is 3.81. The van der Waals surface area contributed by atoms with Crippen molar-refractivity contribution >= 4 is 35.2 Å². The highest BCUT2D eigenvalue weighted by Crippen LogP contribution is 2.14. The number of rotatable bonds is 4. The van der Waals surface area contributed by atoms with Crippen LogP contribution in [0.3, 0.4) is 0 Å². The van der Waals surface area contributed by atoms with Crippen molar-refractivity contribution in [1.29, 1.82) is 0 Å². The van der Waals surface area contributed by atoms with Crippen molar-refractivity contribution in [3.8, 4) is 5.75 Å². The van der Waals surface area contributed by atoms with Gasteiger partial charge in [0.1, 0.15) is 5.75 Å². The fraction of sp³-hybridized carbons (Fsp3) is 0.333. The van der Waals surface area contributed by atoms with E-state index in [1.54, 1.807) is 0 Å². The number of hydrogen-bond donors (Lipinski definition) is 1. The maximum absolute atomic E-state index is 5.46. The SMILES string of the molecule is Sc1ccc(OCCCI)cc1. The van der Waals surface area contributed by atoms with Crippen molar-refractivity contribution in [3.05, 3.63) is 24.3 Å². The van der Waals surface area contributed by atoms with Gasteiger partial charge in [-0.25, -0.2) is 0 Å². The molecule has 0 aromatic heterocycles. The van der Waals surface area contributed by atoms with Crippen molar-refractivity contribution < 1.29 is 4.74 Å². The zero-order chi connectivity index (χ0) is 8.81. The van der Waals surface area contributed by atoms with Crippen LogP contribution in [0.4, 0.5) is 0 Å². The summed E-state index contributed by atoms with van der Waals surface area (Å²) in [6, 6.07) is 7.75. The second-order valence-electron chi connectivity index (χ2n) is 2.38. The Labute approximate surface area is 92.1 Å². The molecule has 0 heterocycles. The van der Waals surface area contributed by atoms with Crippen LogP contribution in [-0.2, 0) is 0 Å². The third-order valence-electron chi connectivity index (χ3n) is 1.38. The van der Waals surface area contributed by atoms with Crippen LogP contribution in [0, 0.1) is 0 Å². The third kappa shape index (κ3) is 3.67. The van der Waals surface area contributed by atoms with Crippen LogP contribution in [0.1, 0.15) is 6.42 Å². The molecule has 12 heavy (non-hydrogen) atoms. The Kier molecular flexibility index (Phi) is 4.83. The first kappa shape index (κ1) is 10.2. The Hall–Kier alpha value is 0.1000. The normalized spacial score (nSPS) is 9.83. The molecule has 0 N–H and O–H groups in total. The zero-order valence-electron chi connectivity index (χ0n) is 6.66. The molecule has 0 fully saturated rings. The lowest BCUT2D eigenvalue weighted by Gasteiger charge is -2.03. The summed E-state index contributed by atoms with van der Waals surface area (Å²) in [6.45, 7) is 0.800. The topological polar surface area (TPSA) is 9.23 Å². The molecular weight excluding hydrogens is 283 g/mol. The van der Waals surface area contributed by atoms with Crippen LogP contribution in [0.25, 0.3) is 0 Å². The molecule has 3 heteroatoms. The summed E-state index contributed by atoms with van der Waals surface area (Å²) < 4.78 is 6.60. The predicted molar refractivity (Wildman–Crippen MR) is 62.7 cm³/mol. The fourth-order valence-electron chi connectivity index (χ4n) is 0.787. The van der Waals surface area contributed by atoms with Crippen LogP contribution in [-0.4, -0.2) is 11.0 Å². The number of thiol groups is 1. The minimum absolute atomic E-state index is 0.800. The predicted octanol–water partition coefficient (Wildman–Crippen LogP) is 3.18. The van der Waals surface area contributed by atoms with Gasteiger partial charge in [0.15, 0.2) is 0 Å². The van der Waals surface area contributed by atoms with Crippen molar-refractivity contribution in [2.45, 2.75) is 11.3 Å². The Morgan fingerprint density at radius 3 is 2.50 bits per heavy atom. The van der Waals surface area contributed by atoms with Crippen molar-refractivity contribution in [2.24, 2.45) is 0 Å². The summed E-state index contributed by atoms with van der Waals surface area (Å²) in [5.41, 5.74) is 0. The van der Waals surface area contributed by atoms with Crippen LogP contribution < -0.4 is 4.74 Å². The van der Waals surface area contributed by atoms with Gasteiger partial charge in [-0.1, -0.05) is 22.6 Å². The van der Waals surface area contributed by atoms with E-state index in [-0.39, 0.29) is 0 Å². The van der Waals surface area contributed by atoms with Crippen LogP contribution in [0.15, 0.2) is 29.2 Å². The van der Waals surface area contributed by atoms with E-state index in [0.29, 0.717) is 0 Å². The van der Waals surface area contributed by atoms with Gasteiger partial charge in [-0.2, -0.15) is 0 Å². The minimum Gasteiger partial charge on any atom is -0.494 e. The smallest absolute Gasteiger partial charge is 0.119 e. The monoisotopic (exact) mass is 294 g/mol. The van der Waals surface area contributed by atoms with Crippen molar-refractivity contribution in [2.75, 3.05) is 11.0 Å². The lowest BCUT2D eigenvalue weighted by Crippen LogP contribution is -1.96. The molecule has 0 atom stereocenters. The van der Waals surface area contributed by atoms with E-state index in [0.717, 1.165) is 28.1 Å². The van der Waals surface area contributed by atoms with Crippen LogP contribution in [0.2, 0.25) is 0 Å². The van der Waals surface area contributed by atoms with Crippen molar-refractivity contribution in [3.63, 3.8) is 0 Å². The molecule has 0 aliphatic rings. The second kappa shape index (κ2) is 5.70. The summed E-state index contributed by atoms with van der Waals surface area (Å²) in [5, 5.41) is 0. The van der Waals surface area contributed by atoms with Crippen molar-refractivity contribution in [1.82, 2.24) is 0 Å². The van der Waals surface area contributed by atoms with Gasteiger partial charge in [0, 0.05) is 9.32 Å². The molecule has 0 aliphatic carbocycles. The highest BCUT2D eigenvalue weighted by molar-refractivity contribution is 14.1. The van der Waals surface area contributed by atoms with Gasteiger partial charge in [0.25, 0.3) is 0 Å². The molecule has 0 saturated carbocycles. The molecular formula is C9H11IOS. The number of halogens is 1. The van der Waals surface area contributed by atoms with Gasteiger partial charge >= 0.3 is 0 Å². The molecule has 0 spiro atoms. The van der Waals surface area contributed by atoms with Gasteiger partial charge in [-0.3, -0.25) is 0 Å². The summed E-state index contributed by atoms with van der Waals surface area (Å²) in [6.07, 6.45) is 1.10. The maximum atomic E-state index is 5.46. The molecule has 0 radical (unpaired) electrons. The standard InChI is InChI=1S/C9H11IOS/c10-6-1-7-11-8-2-4-9(12)5-3-8/h2-5,12H,1,6-7H2. The lowest BCUT2D eigenvalue weighted by atomic mass is 10.3. The Morgan fingerprint density at radius 2 is 1.92 bits per heavy atom. The van der Waals surface area contributed by atoms with Crippen LogP contribution in [0.5, 0.6) is 5.75 Å². The Morgan fingerprint density at radius 1 is 1.25 bits per heavy atom. The van der Waals surface area contributed by atoms with E-state index >= 15 is 0 Å². The van der Waals surface area contributed by atoms with Crippen LogP contribution >= 0.6 is 35.2 Å². The van der Waals surface area contributed by atoms with Gasteiger partial charge in [-0.05, 0) is 30.7 Å². The van der Waals surface area contributed by atoms with E-state index in [1.165, 1.54) is 0 Å². The van der Waals surface area contributed by atoms with Gasteiger partial charge < -0.3 is 4.74 Å². The average molecular weight is 294 g/mol. The molecule has 66 valence electrons. The number of alkyl halides is 1. The zero-order valence-corrected chi connectivity index (χ0v) is 9.72. The fourth-order valence-corrected chi connectivity index (χ4v) is 1.25. The van der Waals surface area contributed by atoms with E-state index < -0.39 is 0 Å².